The van der Waals surface area contributed by atoms with Gasteiger partial charge in [0.05, 0.1) is 22.4 Å². The first-order chi connectivity index (χ1) is 31.8. The van der Waals surface area contributed by atoms with Crippen molar-refractivity contribution in [3.8, 4) is 50.2 Å². The van der Waals surface area contributed by atoms with Gasteiger partial charge in [-0.3, -0.25) is 0 Å². The maximum Gasteiger partial charge on any atom is 0.0547 e. The minimum absolute atomic E-state index is 1.08. The second kappa shape index (κ2) is 15.8. The standard InChI is InChI=1S/C62H42N2/c1-3-18-45(19-4-1)53-28-15-21-46-22-16-29-57(62(46)53)55-27-11-14-32-60(55)63(51-38-35-44(36-39-51)48-34-33-43-17-7-8-20-47(43)41-48)58-30-12-9-25-52(58)49-37-40-56-54-26-10-13-31-59(54)64(61(56)42-49)50-23-5-2-6-24-50/h1-42H. The lowest BCUT2D eigenvalue weighted by Gasteiger charge is -2.30. The van der Waals surface area contributed by atoms with Crippen LogP contribution in [0.3, 0.4) is 0 Å². The Morgan fingerprint density at radius 2 is 0.844 bits per heavy atom. The highest BCUT2D eigenvalue weighted by atomic mass is 15.1. The summed E-state index contributed by atoms with van der Waals surface area (Å²) in [6.45, 7) is 0. The molecule has 0 saturated heterocycles. The van der Waals surface area contributed by atoms with Crippen LogP contribution in [-0.4, -0.2) is 4.57 Å². The number of para-hydroxylation sites is 4. The molecule has 2 nitrogen and oxygen atoms in total. The van der Waals surface area contributed by atoms with E-state index in [9.17, 15) is 0 Å². The van der Waals surface area contributed by atoms with E-state index in [2.05, 4.69) is 264 Å². The number of fused-ring (bicyclic) bond motifs is 5. The highest BCUT2D eigenvalue weighted by Crippen LogP contribution is 2.48. The van der Waals surface area contributed by atoms with Crippen LogP contribution >= 0.6 is 0 Å². The third-order valence-corrected chi connectivity index (χ3v) is 12.8. The predicted octanol–water partition coefficient (Wildman–Crippen LogP) is 17.2. The first kappa shape index (κ1) is 37.3. The first-order valence-electron chi connectivity index (χ1n) is 22.0. The van der Waals surface area contributed by atoms with Gasteiger partial charge in [-0.15, -0.1) is 0 Å². The molecule has 0 radical (unpaired) electrons. The number of hydrogen-bond donors (Lipinski definition) is 0. The summed E-state index contributed by atoms with van der Waals surface area (Å²) in [7, 11) is 0. The zero-order chi connectivity index (χ0) is 42.4. The Kier molecular flexibility index (Phi) is 9.20. The summed E-state index contributed by atoms with van der Waals surface area (Å²) >= 11 is 0. The van der Waals surface area contributed by atoms with Crippen LogP contribution in [0.5, 0.6) is 0 Å². The molecule has 0 spiro atoms. The molecule has 1 heterocycles. The lowest BCUT2D eigenvalue weighted by Crippen LogP contribution is -2.12. The summed E-state index contributed by atoms with van der Waals surface area (Å²) in [4.78, 5) is 2.47. The molecular weight excluding hydrogens is 773 g/mol. The molecule has 0 fully saturated rings. The summed E-state index contributed by atoms with van der Waals surface area (Å²) in [5, 5.41) is 7.41. The Bertz CT molecular complexity index is 3650. The van der Waals surface area contributed by atoms with Gasteiger partial charge < -0.3 is 9.47 Å². The maximum atomic E-state index is 2.47. The van der Waals surface area contributed by atoms with Crippen LogP contribution in [-0.2, 0) is 0 Å². The van der Waals surface area contributed by atoms with E-state index in [0.29, 0.717) is 0 Å². The Morgan fingerprint density at radius 1 is 0.281 bits per heavy atom. The summed E-state index contributed by atoms with van der Waals surface area (Å²) in [6, 6.07) is 92.8. The summed E-state index contributed by atoms with van der Waals surface area (Å²) in [5.41, 5.74) is 16.2. The fourth-order valence-electron chi connectivity index (χ4n) is 9.81. The molecule has 0 amide bonds. The van der Waals surface area contributed by atoms with Gasteiger partial charge in [0.1, 0.15) is 0 Å². The highest BCUT2D eigenvalue weighted by Gasteiger charge is 2.23. The molecule has 300 valence electrons. The minimum atomic E-state index is 1.08. The molecule has 64 heavy (non-hydrogen) atoms. The lowest BCUT2D eigenvalue weighted by atomic mass is 9.90. The minimum Gasteiger partial charge on any atom is -0.309 e. The number of benzene rings is 11. The first-order valence-corrected chi connectivity index (χ1v) is 22.0. The summed E-state index contributed by atoms with van der Waals surface area (Å²) in [5.74, 6) is 0. The molecule has 11 aromatic carbocycles. The molecule has 0 aliphatic rings. The zero-order valence-corrected chi connectivity index (χ0v) is 35.1. The van der Waals surface area contributed by atoms with Crippen molar-refractivity contribution >= 4 is 60.4 Å². The molecule has 0 aliphatic heterocycles. The summed E-state index contributed by atoms with van der Waals surface area (Å²) < 4.78 is 2.40. The van der Waals surface area contributed by atoms with Gasteiger partial charge in [-0.2, -0.15) is 0 Å². The van der Waals surface area contributed by atoms with Crippen molar-refractivity contribution < 1.29 is 0 Å². The van der Waals surface area contributed by atoms with E-state index >= 15 is 0 Å². The average molecular weight is 815 g/mol. The molecule has 1 aromatic heterocycles. The van der Waals surface area contributed by atoms with Crippen molar-refractivity contribution in [3.63, 3.8) is 0 Å². The summed E-state index contributed by atoms with van der Waals surface area (Å²) in [6.07, 6.45) is 0. The molecule has 0 unspecified atom stereocenters. The quantitative estimate of drug-likeness (QED) is 0.148. The number of rotatable bonds is 8. The number of hydrogen-bond acceptors (Lipinski definition) is 1. The predicted molar refractivity (Wildman–Crippen MR) is 272 cm³/mol. The normalized spacial score (nSPS) is 11.4. The second-order valence-electron chi connectivity index (χ2n) is 16.5. The van der Waals surface area contributed by atoms with Crippen molar-refractivity contribution in [3.05, 3.63) is 255 Å². The molecular formula is C62H42N2. The van der Waals surface area contributed by atoms with E-state index in [1.165, 1.54) is 71.2 Å². The van der Waals surface area contributed by atoms with Gasteiger partial charge in [-0.1, -0.05) is 200 Å². The number of anilines is 3. The Balaban J connectivity index is 1.08. The van der Waals surface area contributed by atoms with E-state index < -0.39 is 0 Å². The smallest absolute Gasteiger partial charge is 0.0547 e. The van der Waals surface area contributed by atoms with E-state index in [4.69, 9.17) is 0 Å². The van der Waals surface area contributed by atoms with Gasteiger partial charge >= 0.3 is 0 Å². The molecule has 12 rings (SSSR count). The Morgan fingerprint density at radius 3 is 1.64 bits per heavy atom. The number of aromatic nitrogens is 1. The van der Waals surface area contributed by atoms with Crippen LogP contribution in [0.1, 0.15) is 0 Å². The van der Waals surface area contributed by atoms with Crippen molar-refractivity contribution in [2.75, 3.05) is 4.90 Å². The molecule has 2 heteroatoms. The van der Waals surface area contributed by atoms with E-state index in [1.807, 2.05) is 0 Å². The van der Waals surface area contributed by atoms with Gasteiger partial charge in [0.15, 0.2) is 0 Å². The maximum absolute atomic E-state index is 2.47. The highest BCUT2D eigenvalue weighted by molar-refractivity contribution is 6.12. The van der Waals surface area contributed by atoms with Crippen molar-refractivity contribution in [1.29, 1.82) is 0 Å². The SMILES string of the molecule is c1ccc(-c2cccc3cccc(-c4ccccc4N(c4ccc(-c5ccc6ccccc6c5)cc4)c4ccccc4-c4ccc5c6ccccc6n(-c6ccccc6)c5c4)c23)cc1. The van der Waals surface area contributed by atoms with E-state index in [-0.39, 0.29) is 0 Å². The number of nitrogens with zero attached hydrogens (tertiary/aromatic N) is 2. The molecule has 0 aliphatic carbocycles. The van der Waals surface area contributed by atoms with Crippen LogP contribution in [0.15, 0.2) is 255 Å². The van der Waals surface area contributed by atoms with Crippen molar-refractivity contribution in [1.82, 2.24) is 4.57 Å². The zero-order valence-electron chi connectivity index (χ0n) is 35.1. The fourth-order valence-corrected chi connectivity index (χ4v) is 9.81. The Hall–Kier alpha value is -8.46. The van der Waals surface area contributed by atoms with Crippen molar-refractivity contribution in [2.45, 2.75) is 0 Å². The topological polar surface area (TPSA) is 8.17 Å². The third kappa shape index (κ3) is 6.44. The van der Waals surface area contributed by atoms with Gasteiger partial charge in [0.25, 0.3) is 0 Å². The van der Waals surface area contributed by atoms with Gasteiger partial charge in [0.2, 0.25) is 0 Å². The largest absolute Gasteiger partial charge is 0.309 e. The van der Waals surface area contributed by atoms with Gasteiger partial charge in [-0.25, -0.2) is 0 Å². The second-order valence-corrected chi connectivity index (χ2v) is 16.5. The van der Waals surface area contributed by atoms with Gasteiger partial charge in [0, 0.05) is 33.3 Å². The fraction of sp³-hybridized carbons (Fsp3) is 0. The lowest BCUT2D eigenvalue weighted by molar-refractivity contribution is 1.18. The van der Waals surface area contributed by atoms with E-state index in [1.54, 1.807) is 0 Å². The monoisotopic (exact) mass is 814 g/mol. The average Bonchev–Trinajstić information content (AvgIpc) is 3.71. The molecule has 0 atom stereocenters. The molecule has 12 aromatic rings. The van der Waals surface area contributed by atoms with Crippen molar-refractivity contribution in [2.24, 2.45) is 0 Å². The molecule has 0 N–H and O–H groups in total. The van der Waals surface area contributed by atoms with Crippen LogP contribution in [0, 0.1) is 0 Å². The van der Waals surface area contributed by atoms with Gasteiger partial charge in [-0.05, 0) is 110 Å². The van der Waals surface area contributed by atoms with Crippen LogP contribution in [0.25, 0.3) is 93.5 Å². The van der Waals surface area contributed by atoms with Crippen LogP contribution < -0.4 is 4.90 Å². The molecule has 0 bridgehead atoms. The Labute approximate surface area is 373 Å². The van der Waals surface area contributed by atoms with E-state index in [0.717, 1.165) is 39.4 Å². The molecule has 0 saturated carbocycles. The van der Waals surface area contributed by atoms with Crippen LogP contribution in [0.4, 0.5) is 17.1 Å². The van der Waals surface area contributed by atoms with Crippen LogP contribution in [0.2, 0.25) is 0 Å². The third-order valence-electron chi connectivity index (χ3n) is 12.8.